The summed E-state index contributed by atoms with van der Waals surface area (Å²) in [5.74, 6) is -1.37. The van der Waals surface area contributed by atoms with Crippen molar-refractivity contribution >= 4 is 11.5 Å². The Morgan fingerprint density at radius 1 is 1.43 bits per heavy atom. The van der Waals surface area contributed by atoms with Crippen molar-refractivity contribution in [3.8, 4) is 0 Å². The van der Waals surface area contributed by atoms with Gasteiger partial charge in [0.2, 0.25) is 0 Å². The SMILES string of the molecule is CC(=C=CC(=O)O)c1ccc(F)cc1. The number of carboxylic acids is 1. The zero-order valence-electron chi connectivity index (χ0n) is 7.62. The van der Waals surface area contributed by atoms with Gasteiger partial charge in [0.25, 0.3) is 0 Å². The standard InChI is InChI=1S/C11H9FO2/c1-8(2-7-11(13)14)9-3-5-10(12)6-4-9/h3-7H,1H3,(H,13,14). The van der Waals surface area contributed by atoms with Crippen molar-refractivity contribution in [1.82, 2.24) is 0 Å². The summed E-state index contributed by atoms with van der Waals surface area (Å²) in [5, 5.41) is 8.36. The fraction of sp³-hybridized carbons (Fsp3) is 0.0909. The lowest BCUT2D eigenvalue weighted by molar-refractivity contribution is -0.131. The van der Waals surface area contributed by atoms with Crippen LogP contribution in [0.15, 0.2) is 36.1 Å². The molecule has 2 nitrogen and oxygen atoms in total. The first-order valence-corrected chi connectivity index (χ1v) is 4.02. The Morgan fingerprint density at radius 3 is 2.50 bits per heavy atom. The first-order valence-electron chi connectivity index (χ1n) is 4.02. The fourth-order valence-corrected chi connectivity index (χ4v) is 0.953. The average Bonchev–Trinajstić information content (AvgIpc) is 2.15. The maximum Gasteiger partial charge on any atom is 0.336 e. The molecule has 1 aromatic rings. The molecule has 0 heterocycles. The Hall–Kier alpha value is -1.86. The molecular formula is C11H9FO2. The highest BCUT2D eigenvalue weighted by Gasteiger charge is 1.94. The number of aliphatic carboxylic acids is 1. The van der Waals surface area contributed by atoms with Crippen LogP contribution >= 0.6 is 0 Å². The zero-order chi connectivity index (χ0) is 10.6. The van der Waals surface area contributed by atoms with Crippen LogP contribution in [0.5, 0.6) is 0 Å². The molecule has 0 saturated carbocycles. The molecule has 0 fully saturated rings. The van der Waals surface area contributed by atoms with E-state index in [1.807, 2.05) is 0 Å². The molecule has 0 saturated heterocycles. The second kappa shape index (κ2) is 4.40. The summed E-state index contributed by atoms with van der Waals surface area (Å²) in [6.45, 7) is 1.71. The predicted molar refractivity (Wildman–Crippen MR) is 51.2 cm³/mol. The molecule has 0 atom stereocenters. The first-order chi connectivity index (χ1) is 6.59. The lowest BCUT2D eigenvalue weighted by Gasteiger charge is -1.96. The van der Waals surface area contributed by atoms with Gasteiger partial charge in [-0.2, -0.15) is 0 Å². The highest BCUT2D eigenvalue weighted by atomic mass is 19.1. The van der Waals surface area contributed by atoms with Crippen LogP contribution in [0, 0.1) is 5.82 Å². The Labute approximate surface area is 81.0 Å². The molecule has 0 amide bonds. The van der Waals surface area contributed by atoms with E-state index < -0.39 is 5.97 Å². The lowest BCUT2D eigenvalue weighted by atomic mass is 10.1. The van der Waals surface area contributed by atoms with Crippen molar-refractivity contribution in [2.24, 2.45) is 0 Å². The Balaban J connectivity index is 3.00. The maximum atomic E-state index is 12.5. The molecule has 0 radical (unpaired) electrons. The Morgan fingerprint density at radius 2 is 2.00 bits per heavy atom. The molecular weight excluding hydrogens is 183 g/mol. The molecule has 0 unspecified atom stereocenters. The van der Waals surface area contributed by atoms with E-state index in [2.05, 4.69) is 5.73 Å². The maximum absolute atomic E-state index is 12.5. The molecule has 1 rings (SSSR count). The summed E-state index contributed by atoms with van der Waals surface area (Å²) < 4.78 is 12.5. The summed E-state index contributed by atoms with van der Waals surface area (Å²) >= 11 is 0. The molecule has 3 heteroatoms. The van der Waals surface area contributed by atoms with Gasteiger partial charge in [0.15, 0.2) is 0 Å². The van der Waals surface area contributed by atoms with Gasteiger partial charge in [-0.25, -0.2) is 9.18 Å². The number of carboxylic acid groups (broad SMARTS) is 1. The number of hydrogen-bond acceptors (Lipinski definition) is 1. The molecule has 0 aliphatic heterocycles. The summed E-state index contributed by atoms with van der Waals surface area (Å²) in [5.41, 5.74) is 4.00. The smallest absolute Gasteiger partial charge is 0.336 e. The van der Waals surface area contributed by atoms with Crippen LogP contribution in [0.4, 0.5) is 4.39 Å². The van der Waals surface area contributed by atoms with E-state index in [4.69, 9.17) is 5.11 Å². The van der Waals surface area contributed by atoms with Gasteiger partial charge in [0.1, 0.15) is 5.82 Å². The topological polar surface area (TPSA) is 37.3 Å². The van der Waals surface area contributed by atoms with Crippen LogP contribution in [0.25, 0.3) is 5.57 Å². The molecule has 0 bridgehead atoms. The second-order valence-electron chi connectivity index (χ2n) is 2.76. The van der Waals surface area contributed by atoms with E-state index in [9.17, 15) is 9.18 Å². The minimum atomic E-state index is -1.05. The van der Waals surface area contributed by atoms with Crippen molar-refractivity contribution in [2.45, 2.75) is 6.92 Å². The van der Waals surface area contributed by atoms with E-state index in [0.29, 0.717) is 5.57 Å². The Bertz CT molecular complexity index is 398. The summed E-state index contributed by atoms with van der Waals surface area (Å²) in [6.07, 6.45) is 0.929. The van der Waals surface area contributed by atoms with Crippen molar-refractivity contribution in [2.75, 3.05) is 0 Å². The monoisotopic (exact) mass is 192 g/mol. The van der Waals surface area contributed by atoms with E-state index in [1.165, 1.54) is 12.1 Å². The zero-order valence-corrected chi connectivity index (χ0v) is 7.62. The lowest BCUT2D eigenvalue weighted by Crippen LogP contribution is -1.85. The van der Waals surface area contributed by atoms with E-state index >= 15 is 0 Å². The number of carbonyl (C=O) groups is 1. The summed E-state index contributed by atoms with van der Waals surface area (Å²) in [7, 11) is 0. The molecule has 0 aliphatic rings. The molecule has 0 spiro atoms. The van der Waals surface area contributed by atoms with Crippen molar-refractivity contribution < 1.29 is 14.3 Å². The molecule has 72 valence electrons. The number of hydrogen-bond donors (Lipinski definition) is 1. The van der Waals surface area contributed by atoms with Gasteiger partial charge in [-0.15, -0.1) is 5.73 Å². The number of rotatable bonds is 2. The van der Waals surface area contributed by atoms with Crippen molar-refractivity contribution in [1.29, 1.82) is 0 Å². The minimum absolute atomic E-state index is 0.316. The van der Waals surface area contributed by atoms with Crippen LogP contribution < -0.4 is 0 Å². The molecule has 0 aromatic heterocycles. The highest BCUT2D eigenvalue weighted by Crippen LogP contribution is 2.12. The first kappa shape index (κ1) is 10.2. The van der Waals surface area contributed by atoms with Gasteiger partial charge in [0, 0.05) is 0 Å². The van der Waals surface area contributed by atoms with Gasteiger partial charge in [-0.1, -0.05) is 12.1 Å². The van der Waals surface area contributed by atoms with Crippen LogP contribution in [-0.4, -0.2) is 11.1 Å². The van der Waals surface area contributed by atoms with Gasteiger partial charge >= 0.3 is 5.97 Å². The van der Waals surface area contributed by atoms with Crippen LogP contribution in [0.3, 0.4) is 0 Å². The van der Waals surface area contributed by atoms with Gasteiger partial charge < -0.3 is 5.11 Å². The van der Waals surface area contributed by atoms with Crippen molar-refractivity contribution in [3.63, 3.8) is 0 Å². The Kier molecular flexibility index (Phi) is 3.21. The van der Waals surface area contributed by atoms with E-state index in [0.717, 1.165) is 11.6 Å². The van der Waals surface area contributed by atoms with Gasteiger partial charge in [-0.3, -0.25) is 0 Å². The third-order valence-electron chi connectivity index (χ3n) is 1.69. The molecule has 1 N–H and O–H groups in total. The molecule has 14 heavy (non-hydrogen) atoms. The fourth-order valence-electron chi connectivity index (χ4n) is 0.953. The second-order valence-corrected chi connectivity index (χ2v) is 2.76. The third kappa shape index (κ3) is 2.88. The van der Waals surface area contributed by atoms with Crippen LogP contribution in [-0.2, 0) is 4.79 Å². The van der Waals surface area contributed by atoms with Crippen molar-refractivity contribution in [3.05, 3.63) is 47.5 Å². The van der Waals surface area contributed by atoms with Gasteiger partial charge in [-0.05, 0) is 30.2 Å². The number of halogens is 1. The van der Waals surface area contributed by atoms with Gasteiger partial charge in [0.05, 0.1) is 6.08 Å². The average molecular weight is 192 g/mol. The van der Waals surface area contributed by atoms with E-state index in [1.54, 1.807) is 19.1 Å². The van der Waals surface area contributed by atoms with Crippen LogP contribution in [0.1, 0.15) is 12.5 Å². The largest absolute Gasteiger partial charge is 0.478 e. The van der Waals surface area contributed by atoms with E-state index in [-0.39, 0.29) is 5.82 Å². The normalized spacial score (nSPS) is 9.00. The molecule has 0 aliphatic carbocycles. The predicted octanol–water partition coefficient (Wildman–Crippen LogP) is 2.47. The van der Waals surface area contributed by atoms with Crippen LogP contribution in [0.2, 0.25) is 0 Å². The summed E-state index contributed by atoms with van der Waals surface area (Å²) in [4.78, 5) is 10.2. The summed E-state index contributed by atoms with van der Waals surface area (Å²) in [6, 6.07) is 5.79. The minimum Gasteiger partial charge on any atom is -0.478 e. The third-order valence-corrected chi connectivity index (χ3v) is 1.69. The highest BCUT2D eigenvalue weighted by molar-refractivity contribution is 5.81. The molecule has 1 aromatic carbocycles. The number of benzene rings is 1. The quantitative estimate of drug-likeness (QED) is 0.577.